The number of amides is 2. The molecule has 2 amide bonds. The predicted molar refractivity (Wildman–Crippen MR) is 68.9 cm³/mol. The number of ether oxygens (including phenoxy) is 1. The molecule has 0 aliphatic carbocycles. The molecule has 0 spiro atoms. The second-order valence-electron chi connectivity index (χ2n) is 5.67. The van der Waals surface area contributed by atoms with Crippen LogP contribution in [0.5, 0.6) is 0 Å². The van der Waals surface area contributed by atoms with E-state index in [1.165, 1.54) is 0 Å². The Bertz CT molecular complexity index is 380. The fourth-order valence-electron chi connectivity index (χ4n) is 2.04. The molecule has 1 rings (SSSR count). The van der Waals surface area contributed by atoms with Crippen molar-refractivity contribution in [2.24, 2.45) is 5.41 Å². The maximum absolute atomic E-state index is 11.9. The van der Waals surface area contributed by atoms with Gasteiger partial charge in [0.1, 0.15) is 0 Å². The van der Waals surface area contributed by atoms with Crippen LogP contribution >= 0.6 is 0 Å². The zero-order chi connectivity index (χ0) is 13.9. The Balaban J connectivity index is 3.00. The van der Waals surface area contributed by atoms with Crippen LogP contribution in [0.4, 0.5) is 4.79 Å². The Kier molecular flexibility index (Phi) is 4.38. The van der Waals surface area contributed by atoms with Gasteiger partial charge in [0.05, 0.1) is 18.2 Å². The number of hydrogen-bond acceptors (Lipinski definition) is 3. The number of urea groups is 1. The van der Waals surface area contributed by atoms with Crippen LogP contribution in [-0.2, 0) is 9.53 Å². The minimum absolute atomic E-state index is 0.00725. The van der Waals surface area contributed by atoms with Gasteiger partial charge in [0.2, 0.25) is 0 Å². The van der Waals surface area contributed by atoms with Gasteiger partial charge in [-0.2, -0.15) is 0 Å². The Morgan fingerprint density at radius 2 is 2.00 bits per heavy atom. The molecule has 0 aromatic heterocycles. The average molecular weight is 254 g/mol. The molecule has 2 N–H and O–H groups in total. The summed E-state index contributed by atoms with van der Waals surface area (Å²) in [6.07, 6.45) is 0.686. The molecule has 0 radical (unpaired) electrons. The molecule has 1 atom stereocenters. The number of hydrogen-bond donors (Lipinski definition) is 2. The molecule has 0 saturated heterocycles. The molecule has 102 valence electrons. The van der Waals surface area contributed by atoms with Crippen molar-refractivity contribution in [3.8, 4) is 0 Å². The quantitative estimate of drug-likeness (QED) is 0.756. The largest absolute Gasteiger partial charge is 0.463 e. The van der Waals surface area contributed by atoms with Gasteiger partial charge in [0.15, 0.2) is 0 Å². The van der Waals surface area contributed by atoms with E-state index < -0.39 is 0 Å². The zero-order valence-corrected chi connectivity index (χ0v) is 11.7. The highest BCUT2D eigenvalue weighted by atomic mass is 16.5. The summed E-state index contributed by atoms with van der Waals surface area (Å²) in [4.78, 5) is 23.4. The van der Waals surface area contributed by atoms with Gasteiger partial charge in [0.25, 0.3) is 0 Å². The van der Waals surface area contributed by atoms with E-state index in [9.17, 15) is 9.59 Å². The topological polar surface area (TPSA) is 67.4 Å². The summed E-state index contributed by atoms with van der Waals surface area (Å²) in [7, 11) is 0. The van der Waals surface area contributed by atoms with Gasteiger partial charge in [-0.3, -0.25) is 0 Å². The van der Waals surface area contributed by atoms with E-state index in [0.29, 0.717) is 24.3 Å². The molecule has 5 heteroatoms. The van der Waals surface area contributed by atoms with Gasteiger partial charge in [-0.25, -0.2) is 9.59 Å². The highest BCUT2D eigenvalue weighted by molar-refractivity contribution is 5.94. The molecule has 1 aliphatic rings. The molecule has 18 heavy (non-hydrogen) atoms. The molecule has 0 saturated carbocycles. The summed E-state index contributed by atoms with van der Waals surface area (Å²) in [5, 5.41) is 5.40. The number of nitrogens with one attached hydrogen (secondary N) is 2. The second-order valence-corrected chi connectivity index (χ2v) is 5.67. The van der Waals surface area contributed by atoms with E-state index in [4.69, 9.17) is 4.74 Å². The zero-order valence-electron chi connectivity index (χ0n) is 11.7. The third-order valence-electron chi connectivity index (χ3n) is 2.67. The van der Waals surface area contributed by atoms with Crippen LogP contribution in [0.3, 0.4) is 0 Å². The highest BCUT2D eigenvalue weighted by Gasteiger charge is 2.33. The molecule has 0 aromatic carbocycles. The first-order valence-corrected chi connectivity index (χ1v) is 6.20. The lowest BCUT2D eigenvalue weighted by molar-refractivity contribution is -0.139. The Morgan fingerprint density at radius 3 is 2.50 bits per heavy atom. The molecule has 0 bridgehead atoms. The maximum Gasteiger partial charge on any atom is 0.337 e. The van der Waals surface area contributed by atoms with E-state index in [2.05, 4.69) is 31.4 Å². The predicted octanol–water partition coefficient (Wildman–Crippen LogP) is 1.94. The first-order valence-electron chi connectivity index (χ1n) is 6.20. The standard InChI is InChI=1S/C13H22N2O3/c1-6-18-11(16)10-8(2)14-12(17)15-9(10)7-13(3,4)5/h9H,6-7H2,1-5H3,(H2,14,15,17). The average Bonchev–Trinajstić information content (AvgIpc) is 2.13. The molecule has 0 fully saturated rings. The Labute approximate surface area is 108 Å². The SMILES string of the molecule is CCOC(=O)C1=C(C)NC(=O)NC1CC(C)(C)C. The first-order chi connectivity index (χ1) is 8.24. The minimum Gasteiger partial charge on any atom is -0.463 e. The summed E-state index contributed by atoms with van der Waals surface area (Å²) in [5.74, 6) is -0.364. The Hall–Kier alpha value is -1.52. The first kappa shape index (κ1) is 14.5. The highest BCUT2D eigenvalue weighted by Crippen LogP contribution is 2.27. The van der Waals surface area contributed by atoms with Crippen LogP contribution in [0.25, 0.3) is 0 Å². The van der Waals surface area contributed by atoms with E-state index in [1.807, 2.05) is 0 Å². The second kappa shape index (κ2) is 5.42. The fraction of sp³-hybridized carbons (Fsp3) is 0.692. The minimum atomic E-state index is -0.364. The summed E-state index contributed by atoms with van der Waals surface area (Å²) in [5.41, 5.74) is 1.10. The number of esters is 1. The molecule has 1 unspecified atom stereocenters. The van der Waals surface area contributed by atoms with E-state index in [1.54, 1.807) is 13.8 Å². The van der Waals surface area contributed by atoms with Gasteiger partial charge in [-0.1, -0.05) is 20.8 Å². The van der Waals surface area contributed by atoms with Crippen LogP contribution in [0, 0.1) is 5.41 Å². The molecule has 1 aliphatic heterocycles. The Morgan fingerprint density at radius 1 is 1.39 bits per heavy atom. The molecular weight excluding hydrogens is 232 g/mol. The monoisotopic (exact) mass is 254 g/mol. The van der Waals surface area contributed by atoms with Crippen molar-refractivity contribution in [1.82, 2.24) is 10.6 Å². The third-order valence-corrected chi connectivity index (χ3v) is 2.67. The van der Waals surface area contributed by atoms with Crippen LogP contribution in [0.2, 0.25) is 0 Å². The third kappa shape index (κ3) is 3.75. The van der Waals surface area contributed by atoms with Crippen LogP contribution in [-0.4, -0.2) is 24.6 Å². The molecule has 0 aromatic rings. The van der Waals surface area contributed by atoms with Gasteiger partial charge < -0.3 is 15.4 Å². The summed E-state index contributed by atoms with van der Waals surface area (Å²) < 4.78 is 5.04. The summed E-state index contributed by atoms with van der Waals surface area (Å²) >= 11 is 0. The lowest BCUT2D eigenvalue weighted by atomic mass is 9.84. The number of carbonyl (C=O) groups excluding carboxylic acids is 2. The van der Waals surface area contributed by atoms with Crippen molar-refractivity contribution >= 4 is 12.0 Å². The summed E-state index contributed by atoms with van der Waals surface area (Å²) in [6, 6.07) is -0.562. The summed E-state index contributed by atoms with van der Waals surface area (Å²) in [6.45, 7) is 10.0. The molecule has 1 heterocycles. The van der Waals surface area contributed by atoms with Crippen molar-refractivity contribution in [2.75, 3.05) is 6.61 Å². The van der Waals surface area contributed by atoms with Gasteiger partial charge in [0, 0.05) is 5.70 Å². The van der Waals surface area contributed by atoms with Crippen molar-refractivity contribution in [3.05, 3.63) is 11.3 Å². The van der Waals surface area contributed by atoms with E-state index >= 15 is 0 Å². The van der Waals surface area contributed by atoms with Gasteiger partial charge >= 0.3 is 12.0 Å². The van der Waals surface area contributed by atoms with Gasteiger partial charge in [-0.15, -0.1) is 0 Å². The van der Waals surface area contributed by atoms with Crippen molar-refractivity contribution in [1.29, 1.82) is 0 Å². The van der Waals surface area contributed by atoms with Crippen LogP contribution < -0.4 is 10.6 Å². The lowest BCUT2D eigenvalue weighted by Gasteiger charge is -2.32. The number of allylic oxidation sites excluding steroid dienone is 1. The normalized spacial score (nSPS) is 20.3. The van der Waals surface area contributed by atoms with Crippen LogP contribution in [0.15, 0.2) is 11.3 Å². The fourth-order valence-corrected chi connectivity index (χ4v) is 2.04. The van der Waals surface area contributed by atoms with Crippen molar-refractivity contribution in [3.63, 3.8) is 0 Å². The van der Waals surface area contributed by atoms with Crippen molar-refractivity contribution < 1.29 is 14.3 Å². The van der Waals surface area contributed by atoms with E-state index in [-0.39, 0.29) is 23.5 Å². The lowest BCUT2D eigenvalue weighted by Crippen LogP contribution is -2.51. The molecule has 5 nitrogen and oxygen atoms in total. The van der Waals surface area contributed by atoms with Crippen molar-refractivity contribution in [2.45, 2.75) is 47.1 Å². The smallest absolute Gasteiger partial charge is 0.337 e. The number of rotatable bonds is 3. The number of carbonyl (C=O) groups is 2. The van der Waals surface area contributed by atoms with E-state index in [0.717, 1.165) is 0 Å². The van der Waals surface area contributed by atoms with Gasteiger partial charge in [-0.05, 0) is 25.7 Å². The molecular formula is C13H22N2O3. The maximum atomic E-state index is 11.9. The van der Waals surface area contributed by atoms with Crippen LogP contribution in [0.1, 0.15) is 41.0 Å².